The predicted molar refractivity (Wildman–Crippen MR) is 156 cm³/mol. The largest absolute Gasteiger partial charge is 0.444 e. The maximum absolute atomic E-state index is 14.0. The van der Waals surface area contributed by atoms with Gasteiger partial charge >= 0.3 is 6.09 Å². The van der Waals surface area contributed by atoms with E-state index in [4.69, 9.17) is 4.74 Å². The van der Waals surface area contributed by atoms with Crippen molar-refractivity contribution in [3.63, 3.8) is 0 Å². The van der Waals surface area contributed by atoms with E-state index in [2.05, 4.69) is 5.32 Å². The molecule has 10 heteroatoms. The SMILES string of the molecule is CCCN(CCC)C(=O)c1cc(C)cc(C(=O)NC(Cc2cc(F)cc(F)c2)[C@H](O)[C@H]2CCN2C(=O)OC(C)(C)C)c1. The molecule has 0 radical (unpaired) electrons. The van der Waals surface area contributed by atoms with Crippen molar-refractivity contribution >= 4 is 17.9 Å². The van der Waals surface area contributed by atoms with Gasteiger partial charge in [-0.15, -0.1) is 0 Å². The first-order valence-corrected chi connectivity index (χ1v) is 14.6. The van der Waals surface area contributed by atoms with Gasteiger partial charge in [-0.25, -0.2) is 13.6 Å². The first-order chi connectivity index (χ1) is 19.7. The van der Waals surface area contributed by atoms with E-state index in [0.717, 1.165) is 31.0 Å². The van der Waals surface area contributed by atoms with Crippen molar-refractivity contribution in [3.05, 3.63) is 70.3 Å². The van der Waals surface area contributed by atoms with Gasteiger partial charge < -0.3 is 25.0 Å². The molecule has 1 unspecified atom stereocenters. The molecule has 0 saturated carbocycles. The van der Waals surface area contributed by atoms with Gasteiger partial charge in [0.1, 0.15) is 17.2 Å². The molecule has 0 aliphatic carbocycles. The summed E-state index contributed by atoms with van der Waals surface area (Å²) in [5.41, 5.74) is 0.792. The summed E-state index contributed by atoms with van der Waals surface area (Å²) in [6, 6.07) is 6.23. The van der Waals surface area contributed by atoms with Crippen molar-refractivity contribution in [1.82, 2.24) is 15.1 Å². The summed E-state index contributed by atoms with van der Waals surface area (Å²) in [5, 5.41) is 14.2. The van der Waals surface area contributed by atoms with Crippen LogP contribution in [0.4, 0.5) is 13.6 Å². The third-order valence-electron chi connectivity index (χ3n) is 7.06. The second kappa shape index (κ2) is 14.1. The van der Waals surface area contributed by atoms with E-state index in [1.54, 1.807) is 44.7 Å². The molecule has 8 nitrogen and oxygen atoms in total. The summed E-state index contributed by atoms with van der Waals surface area (Å²) in [6.07, 6.45) is 0.0953. The summed E-state index contributed by atoms with van der Waals surface area (Å²) >= 11 is 0. The van der Waals surface area contributed by atoms with Crippen molar-refractivity contribution in [2.45, 2.75) is 91.0 Å². The number of carbonyl (C=O) groups is 3. The first-order valence-electron chi connectivity index (χ1n) is 14.6. The minimum Gasteiger partial charge on any atom is -0.444 e. The van der Waals surface area contributed by atoms with Crippen molar-refractivity contribution in [2.75, 3.05) is 19.6 Å². The van der Waals surface area contributed by atoms with Crippen LogP contribution in [0, 0.1) is 18.6 Å². The number of likely N-dealkylation sites (tertiary alicyclic amines) is 1. The smallest absolute Gasteiger partial charge is 0.410 e. The molecule has 1 aliphatic rings. The van der Waals surface area contributed by atoms with Crippen LogP contribution < -0.4 is 5.32 Å². The number of nitrogens with zero attached hydrogens (tertiary/aromatic N) is 2. The quantitative estimate of drug-likeness (QED) is 0.374. The molecule has 0 spiro atoms. The molecule has 2 aromatic rings. The van der Waals surface area contributed by atoms with Crippen LogP contribution in [0.3, 0.4) is 0 Å². The minimum atomic E-state index is -1.27. The lowest BCUT2D eigenvalue weighted by Gasteiger charge is -2.45. The summed E-state index contributed by atoms with van der Waals surface area (Å²) in [4.78, 5) is 42.7. The van der Waals surface area contributed by atoms with E-state index >= 15 is 0 Å². The van der Waals surface area contributed by atoms with Crippen LogP contribution in [0.15, 0.2) is 36.4 Å². The van der Waals surface area contributed by atoms with E-state index in [1.807, 2.05) is 13.8 Å². The van der Waals surface area contributed by atoms with Gasteiger partial charge in [0.2, 0.25) is 0 Å². The lowest BCUT2D eigenvalue weighted by molar-refractivity contribution is -0.0485. The third-order valence-corrected chi connectivity index (χ3v) is 7.06. The molecule has 1 saturated heterocycles. The number of aliphatic hydroxyl groups is 1. The molecule has 1 aliphatic heterocycles. The molecule has 1 heterocycles. The van der Waals surface area contributed by atoms with Crippen LogP contribution >= 0.6 is 0 Å². The van der Waals surface area contributed by atoms with Gasteiger partial charge in [0, 0.05) is 36.8 Å². The summed E-state index contributed by atoms with van der Waals surface area (Å²) in [5.74, 6) is -2.30. The zero-order chi connectivity index (χ0) is 31.2. The Morgan fingerprint density at radius 3 is 2.14 bits per heavy atom. The van der Waals surface area contributed by atoms with Gasteiger partial charge in [-0.2, -0.15) is 0 Å². The highest BCUT2D eigenvalue weighted by Gasteiger charge is 2.43. The number of carbonyl (C=O) groups excluding carboxylic acids is 3. The molecule has 3 amide bonds. The fraction of sp³-hybridized carbons (Fsp3) is 0.531. The van der Waals surface area contributed by atoms with E-state index in [9.17, 15) is 28.3 Å². The van der Waals surface area contributed by atoms with Crippen LogP contribution in [0.5, 0.6) is 0 Å². The van der Waals surface area contributed by atoms with Crippen LogP contribution in [0.25, 0.3) is 0 Å². The molecule has 3 rings (SSSR count). The van der Waals surface area contributed by atoms with Crippen LogP contribution in [0.1, 0.15) is 85.7 Å². The lowest BCUT2D eigenvalue weighted by atomic mass is 9.89. The number of nitrogens with one attached hydrogen (secondary N) is 1. The number of aliphatic hydroxyl groups excluding tert-OH is 1. The molecule has 42 heavy (non-hydrogen) atoms. The molecule has 0 aromatic heterocycles. The zero-order valence-corrected chi connectivity index (χ0v) is 25.4. The normalized spacial score (nSPS) is 16.3. The summed E-state index contributed by atoms with van der Waals surface area (Å²) < 4.78 is 33.5. The Balaban J connectivity index is 1.89. The molecule has 2 N–H and O–H groups in total. The fourth-order valence-electron chi connectivity index (χ4n) is 5.14. The summed E-state index contributed by atoms with van der Waals surface area (Å²) in [6.45, 7) is 12.5. The van der Waals surface area contributed by atoms with Gasteiger partial charge in [-0.3, -0.25) is 9.59 Å². The minimum absolute atomic E-state index is 0.0986. The molecule has 2 aromatic carbocycles. The van der Waals surface area contributed by atoms with Gasteiger partial charge in [0.15, 0.2) is 0 Å². The first kappa shape index (κ1) is 33.0. The number of amides is 3. The third kappa shape index (κ3) is 8.74. The fourth-order valence-corrected chi connectivity index (χ4v) is 5.14. The molecular weight excluding hydrogens is 544 g/mol. The second-order valence-electron chi connectivity index (χ2n) is 12.0. The zero-order valence-electron chi connectivity index (χ0n) is 25.4. The Labute approximate surface area is 247 Å². The van der Waals surface area contributed by atoms with E-state index in [-0.39, 0.29) is 23.5 Å². The van der Waals surface area contributed by atoms with Crippen LogP contribution in [-0.2, 0) is 11.2 Å². The van der Waals surface area contributed by atoms with Crippen molar-refractivity contribution < 1.29 is 33.0 Å². The van der Waals surface area contributed by atoms with Gasteiger partial charge in [0.25, 0.3) is 11.8 Å². The highest BCUT2D eigenvalue weighted by molar-refractivity contribution is 6.00. The molecule has 1 fully saturated rings. The van der Waals surface area contributed by atoms with Crippen LogP contribution in [0.2, 0.25) is 0 Å². The Bertz CT molecular complexity index is 1250. The van der Waals surface area contributed by atoms with Crippen molar-refractivity contribution in [1.29, 1.82) is 0 Å². The number of hydrogen-bond donors (Lipinski definition) is 2. The molecule has 0 bridgehead atoms. The Kier molecular flexibility index (Phi) is 11.1. The summed E-state index contributed by atoms with van der Waals surface area (Å²) in [7, 11) is 0. The number of hydrogen-bond acceptors (Lipinski definition) is 5. The average Bonchev–Trinajstić information content (AvgIpc) is 2.84. The average molecular weight is 588 g/mol. The number of rotatable bonds is 11. The topological polar surface area (TPSA) is 99.2 Å². The highest BCUT2D eigenvalue weighted by atomic mass is 19.1. The van der Waals surface area contributed by atoms with Gasteiger partial charge in [-0.05, 0) is 94.8 Å². The monoisotopic (exact) mass is 587 g/mol. The molecule has 230 valence electrons. The maximum atomic E-state index is 14.0. The van der Waals surface area contributed by atoms with E-state index < -0.39 is 47.4 Å². The second-order valence-corrected chi connectivity index (χ2v) is 12.0. The Morgan fingerprint density at radius 1 is 1.02 bits per heavy atom. The molecular formula is C32H43F2N3O5. The highest BCUT2D eigenvalue weighted by Crippen LogP contribution is 2.27. The Hall–Kier alpha value is -3.53. The van der Waals surface area contributed by atoms with Crippen LogP contribution in [-0.4, -0.2) is 76.2 Å². The van der Waals surface area contributed by atoms with Gasteiger partial charge in [-0.1, -0.05) is 13.8 Å². The maximum Gasteiger partial charge on any atom is 0.410 e. The molecule has 3 atom stereocenters. The number of halogens is 2. The van der Waals surface area contributed by atoms with Gasteiger partial charge in [0.05, 0.1) is 18.2 Å². The Morgan fingerprint density at radius 2 is 1.62 bits per heavy atom. The van der Waals surface area contributed by atoms with E-state index in [1.165, 1.54) is 11.0 Å². The van der Waals surface area contributed by atoms with Crippen molar-refractivity contribution in [3.8, 4) is 0 Å². The predicted octanol–water partition coefficient (Wildman–Crippen LogP) is 5.25. The number of aryl methyl sites for hydroxylation is 1. The van der Waals surface area contributed by atoms with Crippen molar-refractivity contribution in [2.24, 2.45) is 0 Å². The number of benzene rings is 2. The van der Waals surface area contributed by atoms with E-state index in [0.29, 0.717) is 37.2 Å². The lowest BCUT2D eigenvalue weighted by Crippen LogP contribution is -2.63. The standard InChI is InChI=1S/C32H43F2N3O5/c1-7-10-36(11-8-2)30(40)23-14-20(3)13-22(18-23)29(39)35-26(17-21-15-24(33)19-25(34)16-21)28(38)27-9-12-37(27)31(41)42-32(4,5)6/h13-16,18-19,26-28,38H,7-12,17H2,1-6H3,(H,35,39)/t26?,27-,28+/m1/s1. The number of ether oxygens (including phenoxy) is 1.